The Balaban J connectivity index is 1.69. The minimum Gasteiger partial charge on any atom is -0.459 e. The molecule has 0 aliphatic carbocycles. The highest BCUT2D eigenvalue weighted by Gasteiger charge is 2.41. The summed E-state index contributed by atoms with van der Waals surface area (Å²) in [5.74, 6) is 1.67. The van der Waals surface area contributed by atoms with Crippen molar-refractivity contribution in [2.45, 2.75) is 12.1 Å². The van der Waals surface area contributed by atoms with Gasteiger partial charge in [-0.25, -0.2) is 0 Å². The molecule has 150 valence electrons. The van der Waals surface area contributed by atoms with E-state index >= 15 is 0 Å². The lowest BCUT2D eigenvalue weighted by molar-refractivity contribution is 0.250. The van der Waals surface area contributed by atoms with Crippen molar-refractivity contribution in [3.8, 4) is 11.3 Å². The molecule has 1 aromatic carbocycles. The number of likely N-dealkylation sites (N-methyl/N-ethyl adjacent to an activating group) is 1. The van der Waals surface area contributed by atoms with Crippen molar-refractivity contribution in [1.29, 1.82) is 0 Å². The molecule has 1 saturated heterocycles. The third-order valence-electron chi connectivity index (χ3n) is 5.03. The second kappa shape index (κ2) is 8.53. The average Bonchev–Trinajstić information content (AvgIpc) is 3.32. The van der Waals surface area contributed by atoms with Crippen LogP contribution in [-0.4, -0.2) is 47.1 Å². The van der Waals surface area contributed by atoms with Crippen LogP contribution in [0.4, 0.5) is 0 Å². The van der Waals surface area contributed by atoms with Crippen LogP contribution in [0.3, 0.4) is 0 Å². The van der Waals surface area contributed by atoms with Crippen molar-refractivity contribution in [3.63, 3.8) is 0 Å². The summed E-state index contributed by atoms with van der Waals surface area (Å²) < 4.78 is 6.30. The SMILES string of the molecule is CN(C)CCN1C(=S)N[C@H](c2ccccn2)[C@@H]1c1ccc(-c2ccc(Cl)cc2)o1. The third-order valence-corrected chi connectivity index (χ3v) is 5.64. The van der Waals surface area contributed by atoms with Crippen molar-refractivity contribution >= 4 is 28.9 Å². The highest BCUT2D eigenvalue weighted by atomic mass is 35.5. The van der Waals surface area contributed by atoms with Crippen LogP contribution in [0.5, 0.6) is 0 Å². The zero-order valence-electron chi connectivity index (χ0n) is 16.4. The second-order valence-corrected chi connectivity index (χ2v) is 8.16. The van der Waals surface area contributed by atoms with Gasteiger partial charge in [0.05, 0.1) is 11.7 Å². The maximum Gasteiger partial charge on any atom is 0.170 e. The molecule has 2 atom stereocenters. The lowest BCUT2D eigenvalue weighted by atomic mass is 10.0. The molecular weight excluding hydrogens is 404 g/mol. The summed E-state index contributed by atoms with van der Waals surface area (Å²) in [4.78, 5) is 8.90. The van der Waals surface area contributed by atoms with E-state index in [1.54, 1.807) is 6.20 Å². The van der Waals surface area contributed by atoms with Crippen LogP contribution in [0.2, 0.25) is 5.02 Å². The van der Waals surface area contributed by atoms with Gasteiger partial charge >= 0.3 is 0 Å². The highest BCUT2D eigenvalue weighted by molar-refractivity contribution is 7.80. The lowest BCUT2D eigenvalue weighted by Gasteiger charge is -2.27. The minimum atomic E-state index is -0.0740. The summed E-state index contributed by atoms with van der Waals surface area (Å²) >= 11 is 11.7. The standard InChI is InChI=1S/C22H23ClN4OS/c1-26(2)13-14-27-21(20(25-22(27)29)17-5-3-4-12-24-17)19-11-10-18(28-19)15-6-8-16(23)9-7-15/h3-12,20-21H,13-14H2,1-2H3,(H,25,29)/t20-,21+/m1/s1. The Morgan fingerprint density at radius 1 is 1.14 bits per heavy atom. The number of hydrogen-bond donors (Lipinski definition) is 1. The average molecular weight is 427 g/mol. The molecular formula is C22H23ClN4OS. The second-order valence-electron chi connectivity index (χ2n) is 7.33. The molecule has 0 radical (unpaired) electrons. The minimum absolute atomic E-state index is 0.0709. The number of halogens is 1. The van der Waals surface area contributed by atoms with Gasteiger partial charge in [-0.2, -0.15) is 0 Å². The Kier molecular flexibility index (Phi) is 5.85. The highest BCUT2D eigenvalue weighted by Crippen LogP contribution is 2.40. The number of thiocarbonyl (C=S) groups is 1. The van der Waals surface area contributed by atoms with E-state index in [4.69, 9.17) is 28.2 Å². The maximum absolute atomic E-state index is 6.30. The van der Waals surface area contributed by atoms with Crippen LogP contribution >= 0.6 is 23.8 Å². The number of rotatable bonds is 6. The summed E-state index contributed by atoms with van der Waals surface area (Å²) in [6, 6.07) is 17.5. The van der Waals surface area contributed by atoms with E-state index in [0.717, 1.165) is 41.0 Å². The van der Waals surface area contributed by atoms with Gasteiger partial charge in [-0.15, -0.1) is 0 Å². The summed E-state index contributed by atoms with van der Waals surface area (Å²) in [5.41, 5.74) is 1.93. The smallest absolute Gasteiger partial charge is 0.170 e. The zero-order valence-corrected chi connectivity index (χ0v) is 18.0. The van der Waals surface area contributed by atoms with Crippen molar-refractivity contribution < 1.29 is 4.42 Å². The predicted molar refractivity (Wildman–Crippen MR) is 120 cm³/mol. The molecule has 1 fully saturated rings. The van der Waals surface area contributed by atoms with E-state index in [2.05, 4.69) is 34.2 Å². The molecule has 29 heavy (non-hydrogen) atoms. The number of nitrogens with one attached hydrogen (secondary N) is 1. The number of pyridine rings is 1. The number of aromatic nitrogens is 1. The summed E-state index contributed by atoms with van der Waals surface area (Å²) in [7, 11) is 4.12. The van der Waals surface area contributed by atoms with Gasteiger partial charge in [0.15, 0.2) is 5.11 Å². The molecule has 5 nitrogen and oxygen atoms in total. The van der Waals surface area contributed by atoms with Gasteiger partial charge in [-0.3, -0.25) is 4.98 Å². The van der Waals surface area contributed by atoms with Gasteiger partial charge in [0.25, 0.3) is 0 Å². The molecule has 7 heteroatoms. The topological polar surface area (TPSA) is 44.5 Å². The first-order valence-corrected chi connectivity index (χ1v) is 10.3. The van der Waals surface area contributed by atoms with Crippen molar-refractivity contribution in [2.24, 2.45) is 0 Å². The van der Waals surface area contributed by atoms with Crippen LogP contribution in [-0.2, 0) is 0 Å². The van der Waals surface area contributed by atoms with E-state index in [-0.39, 0.29) is 12.1 Å². The van der Waals surface area contributed by atoms with Gasteiger partial charge in [0.2, 0.25) is 0 Å². The van der Waals surface area contributed by atoms with Crippen LogP contribution in [0.15, 0.2) is 65.2 Å². The van der Waals surface area contributed by atoms with Gasteiger partial charge in [-0.1, -0.05) is 17.7 Å². The summed E-state index contributed by atoms with van der Waals surface area (Å²) in [6.45, 7) is 1.68. The van der Waals surface area contributed by atoms with Crippen LogP contribution in [0, 0.1) is 0 Å². The largest absolute Gasteiger partial charge is 0.459 e. The third kappa shape index (κ3) is 4.29. The van der Waals surface area contributed by atoms with E-state index in [9.17, 15) is 0 Å². The Hall–Kier alpha value is -2.41. The first-order chi connectivity index (χ1) is 14.0. The number of nitrogens with zero attached hydrogens (tertiary/aromatic N) is 3. The Labute approximate surface area is 181 Å². The number of furan rings is 1. The first kappa shape index (κ1) is 19.9. The van der Waals surface area contributed by atoms with Gasteiger partial charge in [-0.05, 0) is 74.8 Å². The van der Waals surface area contributed by atoms with E-state index in [0.29, 0.717) is 5.02 Å². The quantitative estimate of drug-likeness (QED) is 0.584. The molecule has 0 unspecified atom stereocenters. The predicted octanol–water partition coefficient (Wildman–Crippen LogP) is 4.53. The van der Waals surface area contributed by atoms with Gasteiger partial charge in [0.1, 0.15) is 17.6 Å². The zero-order chi connectivity index (χ0) is 20.4. The van der Waals surface area contributed by atoms with Crippen LogP contribution in [0.25, 0.3) is 11.3 Å². The normalized spacial score (nSPS) is 19.0. The molecule has 0 saturated carbocycles. The Morgan fingerprint density at radius 3 is 2.62 bits per heavy atom. The molecule has 0 amide bonds. The number of hydrogen-bond acceptors (Lipinski definition) is 4. The molecule has 1 N–H and O–H groups in total. The fourth-order valence-corrected chi connectivity index (χ4v) is 4.00. The summed E-state index contributed by atoms with van der Waals surface area (Å²) in [6.07, 6.45) is 1.81. The molecule has 4 rings (SSSR count). The summed E-state index contributed by atoms with van der Waals surface area (Å²) in [5, 5.41) is 4.87. The number of benzene rings is 1. The van der Waals surface area contributed by atoms with Gasteiger partial charge in [0, 0.05) is 29.9 Å². The van der Waals surface area contributed by atoms with E-state index < -0.39 is 0 Å². The molecule has 1 aliphatic heterocycles. The fourth-order valence-electron chi connectivity index (χ4n) is 3.54. The van der Waals surface area contributed by atoms with Crippen molar-refractivity contribution in [1.82, 2.24) is 20.1 Å². The monoisotopic (exact) mass is 426 g/mol. The first-order valence-electron chi connectivity index (χ1n) is 9.51. The lowest BCUT2D eigenvalue weighted by Crippen LogP contribution is -2.35. The molecule has 2 aromatic heterocycles. The van der Waals surface area contributed by atoms with Crippen LogP contribution in [0.1, 0.15) is 23.5 Å². The molecule has 3 heterocycles. The molecule has 1 aliphatic rings. The molecule has 0 spiro atoms. The van der Waals surface area contributed by atoms with E-state index in [1.807, 2.05) is 54.6 Å². The van der Waals surface area contributed by atoms with E-state index in [1.165, 1.54) is 0 Å². The molecule has 3 aromatic rings. The van der Waals surface area contributed by atoms with Crippen molar-refractivity contribution in [3.05, 3.63) is 77.3 Å². The molecule has 0 bridgehead atoms. The van der Waals surface area contributed by atoms with Crippen molar-refractivity contribution in [2.75, 3.05) is 27.2 Å². The Bertz CT molecular complexity index is 974. The van der Waals surface area contributed by atoms with Gasteiger partial charge < -0.3 is 19.5 Å². The fraction of sp³-hybridized carbons (Fsp3) is 0.273. The Morgan fingerprint density at radius 2 is 1.93 bits per heavy atom. The maximum atomic E-state index is 6.30. The van der Waals surface area contributed by atoms with Crippen LogP contribution < -0.4 is 5.32 Å².